The summed E-state index contributed by atoms with van der Waals surface area (Å²) in [5.74, 6) is 0.0452. The average Bonchev–Trinajstić information content (AvgIpc) is 3.00. The summed E-state index contributed by atoms with van der Waals surface area (Å²) in [5.41, 5.74) is 3.55. The van der Waals surface area contributed by atoms with Gasteiger partial charge in [-0.3, -0.25) is 4.79 Å². The minimum absolute atomic E-state index is 0.0452. The fourth-order valence-electron chi connectivity index (χ4n) is 3.46. The molecule has 1 aliphatic carbocycles. The summed E-state index contributed by atoms with van der Waals surface area (Å²) >= 11 is 0. The van der Waals surface area contributed by atoms with Crippen molar-refractivity contribution in [3.8, 4) is 0 Å². The van der Waals surface area contributed by atoms with E-state index < -0.39 is 0 Å². The summed E-state index contributed by atoms with van der Waals surface area (Å²) in [7, 11) is 0. The first-order chi connectivity index (χ1) is 10.7. The lowest BCUT2D eigenvalue weighted by Gasteiger charge is -2.29. The van der Waals surface area contributed by atoms with Crippen LogP contribution in [-0.4, -0.2) is 48.2 Å². The fraction of sp³-hybridized carbons (Fsp3) is 0.611. The zero-order valence-electron chi connectivity index (χ0n) is 13.2. The number of aliphatic hydroxyl groups excluding tert-OH is 1. The SMILES string of the molecule is O=C(NCCCN1CCC(O)CC1)c1ccc2c(c1)CCC2. The van der Waals surface area contributed by atoms with Crippen molar-refractivity contribution in [3.05, 3.63) is 34.9 Å². The molecule has 2 N–H and O–H groups in total. The van der Waals surface area contributed by atoms with Gasteiger partial charge in [-0.1, -0.05) is 6.07 Å². The van der Waals surface area contributed by atoms with E-state index >= 15 is 0 Å². The third kappa shape index (κ3) is 3.87. The highest BCUT2D eigenvalue weighted by molar-refractivity contribution is 5.94. The van der Waals surface area contributed by atoms with Crippen LogP contribution in [0.5, 0.6) is 0 Å². The van der Waals surface area contributed by atoms with Crippen molar-refractivity contribution < 1.29 is 9.90 Å². The molecule has 1 fully saturated rings. The number of nitrogens with one attached hydrogen (secondary N) is 1. The van der Waals surface area contributed by atoms with Gasteiger partial charge in [0.1, 0.15) is 0 Å². The molecule has 1 aromatic carbocycles. The molecular formula is C18H26N2O2. The number of piperidine rings is 1. The molecule has 4 nitrogen and oxygen atoms in total. The largest absolute Gasteiger partial charge is 0.393 e. The van der Waals surface area contributed by atoms with Crippen LogP contribution in [0.1, 0.15) is 47.2 Å². The van der Waals surface area contributed by atoms with E-state index in [2.05, 4.69) is 22.3 Å². The Morgan fingerprint density at radius 3 is 2.82 bits per heavy atom. The van der Waals surface area contributed by atoms with Gasteiger partial charge in [0, 0.05) is 25.2 Å². The number of likely N-dealkylation sites (tertiary alicyclic amines) is 1. The second kappa shape index (κ2) is 7.25. The highest BCUT2D eigenvalue weighted by Gasteiger charge is 2.16. The van der Waals surface area contributed by atoms with Gasteiger partial charge in [-0.25, -0.2) is 0 Å². The van der Waals surface area contributed by atoms with Crippen molar-refractivity contribution in [2.45, 2.75) is 44.6 Å². The van der Waals surface area contributed by atoms with E-state index in [0.29, 0.717) is 0 Å². The lowest BCUT2D eigenvalue weighted by Crippen LogP contribution is -2.37. The number of rotatable bonds is 5. The van der Waals surface area contributed by atoms with Crippen molar-refractivity contribution in [1.82, 2.24) is 10.2 Å². The molecule has 3 rings (SSSR count). The van der Waals surface area contributed by atoms with Gasteiger partial charge in [-0.05, 0) is 68.3 Å². The first-order valence-corrected chi connectivity index (χ1v) is 8.53. The Hall–Kier alpha value is -1.39. The van der Waals surface area contributed by atoms with E-state index in [-0.39, 0.29) is 12.0 Å². The molecule has 0 saturated carbocycles. The second-order valence-corrected chi connectivity index (χ2v) is 6.52. The zero-order chi connectivity index (χ0) is 15.4. The minimum Gasteiger partial charge on any atom is -0.393 e. The number of carbonyl (C=O) groups excluding carboxylic acids is 1. The van der Waals surface area contributed by atoms with Crippen molar-refractivity contribution >= 4 is 5.91 Å². The Bertz CT molecular complexity index is 522. The standard InChI is InChI=1S/C18H26N2O2/c21-17-7-11-20(12-8-17)10-2-9-19-18(22)16-6-5-14-3-1-4-15(14)13-16/h5-6,13,17,21H,1-4,7-12H2,(H,19,22). The van der Waals surface area contributed by atoms with E-state index in [1.807, 2.05) is 6.07 Å². The maximum atomic E-state index is 12.2. The third-order valence-electron chi connectivity index (χ3n) is 4.85. The Morgan fingerprint density at radius 2 is 2.00 bits per heavy atom. The van der Waals surface area contributed by atoms with Gasteiger partial charge in [0.15, 0.2) is 0 Å². The minimum atomic E-state index is -0.115. The Balaban J connectivity index is 1.39. The van der Waals surface area contributed by atoms with Gasteiger partial charge in [0.05, 0.1) is 6.10 Å². The monoisotopic (exact) mass is 302 g/mol. The maximum Gasteiger partial charge on any atom is 0.251 e. The van der Waals surface area contributed by atoms with E-state index in [4.69, 9.17) is 0 Å². The third-order valence-corrected chi connectivity index (χ3v) is 4.85. The Morgan fingerprint density at radius 1 is 1.23 bits per heavy atom. The number of carbonyl (C=O) groups is 1. The molecule has 1 aliphatic heterocycles. The number of aliphatic hydroxyl groups is 1. The summed E-state index contributed by atoms with van der Waals surface area (Å²) < 4.78 is 0. The maximum absolute atomic E-state index is 12.2. The van der Waals surface area contributed by atoms with Crippen molar-refractivity contribution in [1.29, 1.82) is 0 Å². The molecule has 22 heavy (non-hydrogen) atoms. The Labute approximate surface area is 132 Å². The second-order valence-electron chi connectivity index (χ2n) is 6.52. The van der Waals surface area contributed by atoms with Gasteiger partial charge in [-0.15, -0.1) is 0 Å². The molecule has 2 aliphatic rings. The molecule has 1 aromatic rings. The van der Waals surface area contributed by atoms with Gasteiger partial charge >= 0.3 is 0 Å². The van der Waals surface area contributed by atoms with Gasteiger partial charge in [0.2, 0.25) is 0 Å². The van der Waals surface area contributed by atoms with Crippen LogP contribution in [0.2, 0.25) is 0 Å². The van der Waals surface area contributed by atoms with Crippen LogP contribution < -0.4 is 5.32 Å². The number of hydrogen-bond donors (Lipinski definition) is 2. The molecule has 0 aromatic heterocycles. The van der Waals surface area contributed by atoms with Crippen LogP contribution >= 0.6 is 0 Å². The number of amides is 1. The summed E-state index contributed by atoms with van der Waals surface area (Å²) in [6.45, 7) is 3.66. The number of fused-ring (bicyclic) bond motifs is 1. The van der Waals surface area contributed by atoms with Crippen LogP contribution in [0, 0.1) is 0 Å². The molecular weight excluding hydrogens is 276 g/mol. The first-order valence-electron chi connectivity index (χ1n) is 8.53. The Kier molecular flexibility index (Phi) is 5.11. The van der Waals surface area contributed by atoms with Gasteiger partial charge in [-0.2, -0.15) is 0 Å². The van der Waals surface area contributed by atoms with E-state index in [0.717, 1.165) is 63.8 Å². The predicted molar refractivity (Wildman–Crippen MR) is 87.1 cm³/mol. The number of nitrogens with zero attached hydrogens (tertiary/aromatic N) is 1. The summed E-state index contributed by atoms with van der Waals surface area (Å²) in [4.78, 5) is 14.6. The number of hydrogen-bond acceptors (Lipinski definition) is 3. The van der Waals surface area contributed by atoms with E-state index in [1.165, 1.54) is 17.5 Å². The molecule has 0 radical (unpaired) electrons. The van der Waals surface area contributed by atoms with Crippen LogP contribution in [0.3, 0.4) is 0 Å². The van der Waals surface area contributed by atoms with Crippen LogP contribution in [0.25, 0.3) is 0 Å². The fourth-order valence-corrected chi connectivity index (χ4v) is 3.46. The van der Waals surface area contributed by atoms with Crippen molar-refractivity contribution in [2.24, 2.45) is 0 Å². The highest BCUT2D eigenvalue weighted by Crippen LogP contribution is 2.22. The molecule has 0 spiro atoms. The smallest absolute Gasteiger partial charge is 0.251 e. The number of aryl methyl sites for hydroxylation is 2. The van der Waals surface area contributed by atoms with Gasteiger partial charge in [0.25, 0.3) is 5.91 Å². The molecule has 120 valence electrons. The van der Waals surface area contributed by atoms with Crippen molar-refractivity contribution in [2.75, 3.05) is 26.2 Å². The zero-order valence-corrected chi connectivity index (χ0v) is 13.2. The van der Waals surface area contributed by atoms with Crippen molar-refractivity contribution in [3.63, 3.8) is 0 Å². The first kappa shape index (κ1) is 15.5. The van der Waals surface area contributed by atoms with Crippen LogP contribution in [0.15, 0.2) is 18.2 Å². The predicted octanol–water partition coefficient (Wildman–Crippen LogP) is 1.75. The quantitative estimate of drug-likeness (QED) is 0.815. The molecule has 1 heterocycles. The average molecular weight is 302 g/mol. The summed E-state index contributed by atoms with van der Waals surface area (Å²) in [6, 6.07) is 6.12. The highest BCUT2D eigenvalue weighted by atomic mass is 16.3. The molecule has 0 atom stereocenters. The van der Waals surface area contributed by atoms with Crippen LogP contribution in [-0.2, 0) is 12.8 Å². The van der Waals surface area contributed by atoms with E-state index in [1.54, 1.807) is 0 Å². The summed E-state index contributed by atoms with van der Waals surface area (Å²) in [6.07, 6.45) is 6.08. The molecule has 1 saturated heterocycles. The molecule has 0 unspecified atom stereocenters. The normalized spacial score (nSPS) is 19.1. The topological polar surface area (TPSA) is 52.6 Å². The molecule has 1 amide bonds. The van der Waals surface area contributed by atoms with Crippen LogP contribution in [0.4, 0.5) is 0 Å². The lowest BCUT2D eigenvalue weighted by atomic mass is 10.1. The van der Waals surface area contributed by atoms with E-state index in [9.17, 15) is 9.90 Å². The van der Waals surface area contributed by atoms with Gasteiger partial charge < -0.3 is 15.3 Å². The molecule has 4 heteroatoms. The number of benzene rings is 1. The lowest BCUT2D eigenvalue weighted by molar-refractivity contribution is 0.0816. The summed E-state index contributed by atoms with van der Waals surface area (Å²) in [5, 5.41) is 12.5. The molecule has 0 bridgehead atoms.